The largest absolute Gasteiger partial charge is 0.489 e. The molecule has 0 spiro atoms. The van der Waals surface area contributed by atoms with Gasteiger partial charge in [-0.05, 0) is 85.6 Å². The van der Waals surface area contributed by atoms with Gasteiger partial charge in [0.1, 0.15) is 12.4 Å². The summed E-state index contributed by atoms with van der Waals surface area (Å²) in [5, 5.41) is 4.07. The van der Waals surface area contributed by atoms with Gasteiger partial charge in [-0.1, -0.05) is 30.3 Å². The molecule has 0 atom stereocenters. The number of rotatable bonds is 7. The number of nitrogens with one attached hydrogen (secondary N) is 1. The zero-order chi connectivity index (χ0) is 22.3. The SMILES string of the molecule is Cc1ccc(C)n1-c1ccc(C(=O)N/N=C/c2ccc(OCc3ccccc3)cc2)cc1. The van der Waals surface area contributed by atoms with Crippen molar-refractivity contribution in [2.24, 2.45) is 5.10 Å². The van der Waals surface area contributed by atoms with Gasteiger partial charge < -0.3 is 9.30 Å². The summed E-state index contributed by atoms with van der Waals surface area (Å²) in [5.74, 6) is 0.528. The fourth-order valence-corrected chi connectivity index (χ4v) is 3.46. The Morgan fingerprint density at radius 2 is 1.53 bits per heavy atom. The minimum Gasteiger partial charge on any atom is -0.489 e. The highest BCUT2D eigenvalue weighted by Gasteiger charge is 2.07. The highest BCUT2D eigenvalue weighted by molar-refractivity contribution is 5.95. The van der Waals surface area contributed by atoms with Crippen LogP contribution in [0.4, 0.5) is 0 Å². The lowest BCUT2D eigenvalue weighted by Crippen LogP contribution is -2.17. The van der Waals surface area contributed by atoms with Crippen LogP contribution in [0.3, 0.4) is 0 Å². The number of aromatic nitrogens is 1. The Morgan fingerprint density at radius 3 is 2.19 bits per heavy atom. The van der Waals surface area contributed by atoms with Crippen molar-refractivity contribution in [3.63, 3.8) is 0 Å². The molecule has 0 aliphatic rings. The summed E-state index contributed by atoms with van der Waals surface area (Å²) in [5.41, 5.74) is 8.45. The summed E-state index contributed by atoms with van der Waals surface area (Å²) in [6.45, 7) is 4.64. The lowest BCUT2D eigenvalue weighted by Gasteiger charge is -2.10. The molecule has 0 fully saturated rings. The van der Waals surface area contributed by atoms with Crippen LogP contribution in [0, 0.1) is 13.8 Å². The molecule has 1 amide bonds. The van der Waals surface area contributed by atoms with Gasteiger partial charge in [0, 0.05) is 22.6 Å². The third kappa shape index (κ3) is 5.13. The topological polar surface area (TPSA) is 55.6 Å². The molecule has 0 radical (unpaired) electrons. The zero-order valence-corrected chi connectivity index (χ0v) is 18.2. The van der Waals surface area contributed by atoms with E-state index in [9.17, 15) is 4.79 Å². The molecule has 0 saturated heterocycles. The molecule has 3 aromatic carbocycles. The fourth-order valence-electron chi connectivity index (χ4n) is 3.46. The van der Waals surface area contributed by atoms with Gasteiger partial charge in [-0.2, -0.15) is 5.10 Å². The molecular weight excluding hydrogens is 398 g/mol. The van der Waals surface area contributed by atoms with Crippen molar-refractivity contribution < 1.29 is 9.53 Å². The summed E-state index contributed by atoms with van der Waals surface area (Å²) in [6.07, 6.45) is 1.61. The number of aryl methyl sites for hydroxylation is 2. The van der Waals surface area contributed by atoms with Gasteiger partial charge in [-0.3, -0.25) is 4.79 Å². The first-order valence-corrected chi connectivity index (χ1v) is 10.5. The highest BCUT2D eigenvalue weighted by Crippen LogP contribution is 2.17. The smallest absolute Gasteiger partial charge is 0.271 e. The molecular formula is C27H25N3O2. The molecule has 4 aromatic rings. The Bertz CT molecular complexity index is 1190. The van der Waals surface area contributed by atoms with Crippen molar-refractivity contribution in [3.8, 4) is 11.4 Å². The van der Waals surface area contributed by atoms with Crippen LogP contribution in [0.5, 0.6) is 5.75 Å². The first-order valence-electron chi connectivity index (χ1n) is 10.5. The van der Waals surface area contributed by atoms with Gasteiger partial charge >= 0.3 is 0 Å². The lowest BCUT2D eigenvalue weighted by molar-refractivity contribution is 0.0955. The van der Waals surface area contributed by atoms with Crippen LogP contribution in [-0.4, -0.2) is 16.7 Å². The van der Waals surface area contributed by atoms with E-state index >= 15 is 0 Å². The Balaban J connectivity index is 1.31. The Labute approximate surface area is 188 Å². The van der Waals surface area contributed by atoms with E-state index in [4.69, 9.17) is 4.74 Å². The molecule has 4 rings (SSSR count). The standard InChI is InChI=1S/C27H25N3O2/c1-20-8-9-21(2)30(20)25-14-12-24(13-15-25)27(31)29-28-18-22-10-16-26(17-11-22)32-19-23-6-4-3-5-7-23/h3-18H,19H2,1-2H3,(H,29,31)/b28-18+. The molecule has 160 valence electrons. The number of amides is 1. The van der Waals surface area contributed by atoms with Crippen molar-refractivity contribution in [1.82, 2.24) is 9.99 Å². The van der Waals surface area contributed by atoms with Gasteiger partial charge in [0.05, 0.1) is 6.21 Å². The van der Waals surface area contributed by atoms with Gasteiger partial charge in [0.15, 0.2) is 0 Å². The number of carbonyl (C=O) groups excluding carboxylic acids is 1. The molecule has 1 N–H and O–H groups in total. The van der Waals surface area contributed by atoms with Crippen molar-refractivity contribution >= 4 is 12.1 Å². The van der Waals surface area contributed by atoms with Crippen LogP contribution < -0.4 is 10.2 Å². The summed E-state index contributed by atoms with van der Waals surface area (Å²) >= 11 is 0. The van der Waals surface area contributed by atoms with Crippen molar-refractivity contribution in [2.45, 2.75) is 20.5 Å². The van der Waals surface area contributed by atoms with Crippen LogP contribution >= 0.6 is 0 Å². The highest BCUT2D eigenvalue weighted by atomic mass is 16.5. The number of hydrogen-bond acceptors (Lipinski definition) is 3. The predicted molar refractivity (Wildman–Crippen MR) is 128 cm³/mol. The number of hydrazone groups is 1. The van der Waals surface area contributed by atoms with E-state index in [0.717, 1.165) is 34.0 Å². The predicted octanol–water partition coefficient (Wildman–Crippen LogP) is 5.44. The maximum Gasteiger partial charge on any atom is 0.271 e. The van der Waals surface area contributed by atoms with E-state index < -0.39 is 0 Å². The lowest BCUT2D eigenvalue weighted by atomic mass is 10.2. The van der Waals surface area contributed by atoms with E-state index in [0.29, 0.717) is 12.2 Å². The molecule has 5 heteroatoms. The Morgan fingerprint density at radius 1 is 0.875 bits per heavy atom. The fraction of sp³-hybridized carbons (Fsp3) is 0.111. The van der Waals surface area contributed by atoms with E-state index in [1.165, 1.54) is 0 Å². The van der Waals surface area contributed by atoms with Crippen molar-refractivity contribution in [1.29, 1.82) is 0 Å². The normalized spacial score (nSPS) is 10.9. The molecule has 0 unspecified atom stereocenters. The van der Waals surface area contributed by atoms with Crippen molar-refractivity contribution in [2.75, 3.05) is 0 Å². The molecule has 0 aliphatic carbocycles. The first kappa shape index (κ1) is 21.1. The number of benzene rings is 3. The van der Waals surface area contributed by atoms with Crippen LogP contribution in [0.15, 0.2) is 96.1 Å². The molecule has 1 heterocycles. The van der Waals surface area contributed by atoms with Gasteiger partial charge in [-0.15, -0.1) is 0 Å². The van der Waals surface area contributed by atoms with Gasteiger partial charge in [0.25, 0.3) is 5.91 Å². The Kier molecular flexibility index (Phi) is 6.46. The van der Waals surface area contributed by atoms with E-state index in [1.807, 2.05) is 66.7 Å². The number of hydrogen-bond donors (Lipinski definition) is 1. The molecule has 0 saturated carbocycles. The van der Waals surface area contributed by atoms with E-state index in [1.54, 1.807) is 18.3 Å². The van der Waals surface area contributed by atoms with E-state index in [2.05, 4.69) is 41.1 Å². The third-order valence-corrected chi connectivity index (χ3v) is 5.17. The summed E-state index contributed by atoms with van der Waals surface area (Å²) < 4.78 is 7.93. The minimum atomic E-state index is -0.253. The monoisotopic (exact) mass is 423 g/mol. The average molecular weight is 424 g/mol. The molecule has 0 bridgehead atoms. The molecule has 1 aromatic heterocycles. The number of nitrogens with zero attached hydrogens (tertiary/aromatic N) is 2. The second-order valence-electron chi connectivity index (χ2n) is 7.54. The summed E-state index contributed by atoms with van der Waals surface area (Å²) in [6, 6.07) is 29.2. The van der Waals surface area contributed by atoms with Crippen molar-refractivity contribution in [3.05, 3.63) is 119 Å². The zero-order valence-electron chi connectivity index (χ0n) is 18.2. The maximum absolute atomic E-state index is 12.4. The summed E-state index contributed by atoms with van der Waals surface area (Å²) in [7, 11) is 0. The molecule has 32 heavy (non-hydrogen) atoms. The van der Waals surface area contributed by atoms with Crippen LogP contribution in [0.1, 0.15) is 32.9 Å². The van der Waals surface area contributed by atoms with Crippen LogP contribution in [-0.2, 0) is 6.61 Å². The van der Waals surface area contributed by atoms with Crippen LogP contribution in [0.25, 0.3) is 5.69 Å². The first-order chi connectivity index (χ1) is 15.6. The van der Waals surface area contributed by atoms with Gasteiger partial charge in [0.2, 0.25) is 0 Å². The maximum atomic E-state index is 12.4. The second kappa shape index (κ2) is 9.79. The molecule has 0 aliphatic heterocycles. The van der Waals surface area contributed by atoms with E-state index in [-0.39, 0.29) is 5.91 Å². The average Bonchev–Trinajstić information content (AvgIpc) is 3.17. The quantitative estimate of drug-likeness (QED) is 0.318. The minimum absolute atomic E-state index is 0.253. The van der Waals surface area contributed by atoms with Gasteiger partial charge in [-0.25, -0.2) is 5.43 Å². The second-order valence-corrected chi connectivity index (χ2v) is 7.54. The number of carbonyl (C=O) groups is 1. The molecule has 5 nitrogen and oxygen atoms in total. The Hall–Kier alpha value is -4.12. The summed E-state index contributed by atoms with van der Waals surface area (Å²) in [4.78, 5) is 12.4. The third-order valence-electron chi connectivity index (χ3n) is 5.17. The number of ether oxygens (including phenoxy) is 1. The van der Waals surface area contributed by atoms with Crippen LogP contribution in [0.2, 0.25) is 0 Å².